The molecule has 0 saturated heterocycles. The first-order valence-corrected chi connectivity index (χ1v) is 9.77. The number of hydrogen-bond donors (Lipinski definition) is 1. The number of carbonyl (C=O) groups excluding carboxylic acids is 1. The van der Waals surface area contributed by atoms with Crippen molar-refractivity contribution in [2.75, 3.05) is 6.54 Å². The molecule has 0 spiro atoms. The van der Waals surface area contributed by atoms with E-state index in [2.05, 4.69) is 25.2 Å². The SMILES string of the molecule is Cc1cc2nc(Cc3ccccc3F)n([C@@H](C)C(=O)NCC(C)C)c2cc1C. The molecule has 28 heavy (non-hydrogen) atoms. The van der Waals surface area contributed by atoms with Crippen LogP contribution in [0, 0.1) is 25.6 Å². The Morgan fingerprint density at radius 3 is 2.50 bits per heavy atom. The molecule has 1 heterocycles. The van der Waals surface area contributed by atoms with Gasteiger partial charge in [0.05, 0.1) is 11.0 Å². The van der Waals surface area contributed by atoms with E-state index in [1.54, 1.807) is 12.1 Å². The zero-order valence-electron chi connectivity index (χ0n) is 17.2. The number of halogens is 1. The molecule has 0 aliphatic heterocycles. The van der Waals surface area contributed by atoms with Crippen LogP contribution in [0.4, 0.5) is 4.39 Å². The van der Waals surface area contributed by atoms with Gasteiger partial charge in [0.25, 0.3) is 0 Å². The molecule has 0 aliphatic carbocycles. The number of aromatic nitrogens is 2. The summed E-state index contributed by atoms with van der Waals surface area (Å²) in [6.07, 6.45) is 0.335. The van der Waals surface area contributed by atoms with Gasteiger partial charge in [0, 0.05) is 13.0 Å². The average Bonchev–Trinajstić information content (AvgIpc) is 2.98. The predicted molar refractivity (Wildman–Crippen MR) is 111 cm³/mol. The fourth-order valence-corrected chi connectivity index (χ4v) is 3.34. The summed E-state index contributed by atoms with van der Waals surface area (Å²) in [5.41, 5.74) is 4.59. The Hall–Kier alpha value is -2.69. The lowest BCUT2D eigenvalue weighted by atomic mass is 10.1. The van der Waals surface area contributed by atoms with Crippen molar-refractivity contribution in [1.29, 1.82) is 0 Å². The minimum atomic E-state index is -0.437. The van der Waals surface area contributed by atoms with Crippen LogP contribution < -0.4 is 5.32 Å². The standard InChI is InChI=1S/C23H28FN3O/c1-14(2)13-25-23(28)17(5)27-21-11-16(4)15(3)10-20(21)26-22(27)12-18-8-6-7-9-19(18)24/h6-11,14,17H,12-13H2,1-5H3,(H,25,28)/t17-/m0/s1. The largest absolute Gasteiger partial charge is 0.354 e. The van der Waals surface area contributed by atoms with Crippen LogP contribution in [0.25, 0.3) is 11.0 Å². The van der Waals surface area contributed by atoms with Crippen LogP contribution in [0.1, 0.15) is 49.3 Å². The van der Waals surface area contributed by atoms with Gasteiger partial charge in [-0.3, -0.25) is 4.79 Å². The molecular weight excluding hydrogens is 353 g/mol. The molecule has 0 fully saturated rings. The summed E-state index contributed by atoms with van der Waals surface area (Å²) in [5, 5.41) is 3.00. The number of fused-ring (bicyclic) bond motifs is 1. The molecule has 1 atom stereocenters. The third-order valence-electron chi connectivity index (χ3n) is 5.14. The van der Waals surface area contributed by atoms with Gasteiger partial charge in [0.2, 0.25) is 5.91 Å². The van der Waals surface area contributed by atoms with E-state index in [9.17, 15) is 9.18 Å². The van der Waals surface area contributed by atoms with E-state index in [1.165, 1.54) is 6.07 Å². The van der Waals surface area contributed by atoms with Gasteiger partial charge in [-0.05, 0) is 61.6 Å². The van der Waals surface area contributed by atoms with E-state index in [1.807, 2.05) is 37.5 Å². The molecule has 0 saturated carbocycles. The number of nitrogens with one attached hydrogen (secondary N) is 1. The molecule has 0 radical (unpaired) electrons. The van der Waals surface area contributed by atoms with Crippen molar-refractivity contribution in [2.24, 2.45) is 5.92 Å². The summed E-state index contributed by atoms with van der Waals surface area (Å²) in [7, 11) is 0. The minimum absolute atomic E-state index is 0.0546. The highest BCUT2D eigenvalue weighted by atomic mass is 19.1. The first-order valence-electron chi connectivity index (χ1n) is 9.77. The Bertz CT molecular complexity index is 1010. The lowest BCUT2D eigenvalue weighted by Gasteiger charge is -2.19. The van der Waals surface area contributed by atoms with Gasteiger partial charge in [-0.25, -0.2) is 9.37 Å². The Kier molecular flexibility index (Phi) is 5.82. The van der Waals surface area contributed by atoms with E-state index in [0.29, 0.717) is 30.3 Å². The lowest BCUT2D eigenvalue weighted by Crippen LogP contribution is -2.34. The number of nitrogens with zero attached hydrogens (tertiary/aromatic N) is 2. The van der Waals surface area contributed by atoms with Crippen LogP contribution in [-0.2, 0) is 11.2 Å². The fraction of sp³-hybridized carbons (Fsp3) is 0.391. The smallest absolute Gasteiger partial charge is 0.242 e. The van der Waals surface area contributed by atoms with Crippen molar-refractivity contribution in [2.45, 2.75) is 47.1 Å². The third kappa shape index (κ3) is 4.08. The van der Waals surface area contributed by atoms with Crippen LogP contribution in [0.15, 0.2) is 36.4 Å². The topological polar surface area (TPSA) is 46.9 Å². The van der Waals surface area contributed by atoms with Gasteiger partial charge in [-0.1, -0.05) is 32.0 Å². The molecule has 3 rings (SSSR count). The predicted octanol–water partition coefficient (Wildman–Crippen LogP) is 4.72. The molecule has 0 aliphatic rings. The van der Waals surface area contributed by atoms with Crippen LogP contribution in [-0.4, -0.2) is 22.0 Å². The van der Waals surface area contributed by atoms with Crippen molar-refractivity contribution in [3.63, 3.8) is 0 Å². The second-order valence-corrected chi connectivity index (χ2v) is 7.91. The van der Waals surface area contributed by atoms with Crippen LogP contribution in [0.5, 0.6) is 0 Å². The highest BCUT2D eigenvalue weighted by Crippen LogP contribution is 2.26. The number of amides is 1. The molecular formula is C23H28FN3O. The van der Waals surface area contributed by atoms with Gasteiger partial charge in [0.1, 0.15) is 17.7 Å². The maximum Gasteiger partial charge on any atom is 0.242 e. The molecule has 4 nitrogen and oxygen atoms in total. The van der Waals surface area contributed by atoms with Crippen molar-refractivity contribution >= 4 is 16.9 Å². The molecule has 1 N–H and O–H groups in total. The van der Waals surface area contributed by atoms with E-state index >= 15 is 0 Å². The number of carbonyl (C=O) groups is 1. The highest BCUT2D eigenvalue weighted by molar-refractivity contribution is 5.84. The second kappa shape index (κ2) is 8.13. The molecule has 148 valence electrons. The van der Waals surface area contributed by atoms with Crippen LogP contribution in [0.3, 0.4) is 0 Å². The summed E-state index contributed by atoms with van der Waals surface area (Å²) in [4.78, 5) is 17.5. The molecule has 5 heteroatoms. The number of hydrogen-bond acceptors (Lipinski definition) is 2. The summed E-state index contributed by atoms with van der Waals surface area (Å²) < 4.78 is 16.2. The first kappa shape index (κ1) is 20.1. The summed E-state index contributed by atoms with van der Waals surface area (Å²) in [5.74, 6) is 0.752. The maximum absolute atomic E-state index is 14.2. The normalized spacial score (nSPS) is 12.5. The van der Waals surface area contributed by atoms with E-state index in [4.69, 9.17) is 4.98 Å². The van der Waals surface area contributed by atoms with Gasteiger partial charge in [-0.2, -0.15) is 0 Å². The quantitative estimate of drug-likeness (QED) is 0.672. The fourth-order valence-electron chi connectivity index (χ4n) is 3.34. The Morgan fingerprint density at radius 2 is 1.82 bits per heavy atom. The van der Waals surface area contributed by atoms with Crippen molar-refractivity contribution in [3.8, 4) is 0 Å². The van der Waals surface area contributed by atoms with Gasteiger partial charge in [-0.15, -0.1) is 0 Å². The van der Waals surface area contributed by atoms with E-state index < -0.39 is 6.04 Å². The monoisotopic (exact) mass is 381 g/mol. The summed E-state index contributed by atoms with van der Waals surface area (Å²) in [6, 6.07) is 10.4. The molecule has 1 amide bonds. The molecule has 0 bridgehead atoms. The maximum atomic E-state index is 14.2. The summed E-state index contributed by atoms with van der Waals surface area (Å²) in [6.45, 7) is 10.7. The van der Waals surface area contributed by atoms with Crippen molar-refractivity contribution in [1.82, 2.24) is 14.9 Å². The minimum Gasteiger partial charge on any atom is -0.354 e. The third-order valence-corrected chi connectivity index (χ3v) is 5.14. The number of imidazole rings is 1. The molecule has 3 aromatic rings. The molecule has 2 aromatic carbocycles. The van der Waals surface area contributed by atoms with Gasteiger partial charge < -0.3 is 9.88 Å². The second-order valence-electron chi connectivity index (χ2n) is 7.91. The zero-order valence-corrected chi connectivity index (χ0v) is 17.2. The lowest BCUT2D eigenvalue weighted by molar-refractivity contribution is -0.124. The zero-order chi connectivity index (χ0) is 20.4. The van der Waals surface area contributed by atoms with Crippen LogP contribution >= 0.6 is 0 Å². The van der Waals surface area contributed by atoms with Crippen LogP contribution in [0.2, 0.25) is 0 Å². The number of aryl methyl sites for hydroxylation is 2. The number of rotatable bonds is 6. The van der Waals surface area contributed by atoms with Gasteiger partial charge in [0.15, 0.2) is 0 Å². The van der Waals surface area contributed by atoms with Crippen molar-refractivity contribution < 1.29 is 9.18 Å². The molecule has 0 unspecified atom stereocenters. The highest BCUT2D eigenvalue weighted by Gasteiger charge is 2.23. The Balaban J connectivity index is 2.08. The summed E-state index contributed by atoms with van der Waals surface area (Å²) >= 11 is 0. The van der Waals surface area contributed by atoms with E-state index in [-0.39, 0.29) is 11.7 Å². The Labute approximate surface area is 165 Å². The Morgan fingerprint density at radius 1 is 1.14 bits per heavy atom. The first-order chi connectivity index (χ1) is 13.3. The van der Waals surface area contributed by atoms with E-state index in [0.717, 1.165) is 22.2 Å². The average molecular weight is 381 g/mol. The van der Waals surface area contributed by atoms with Gasteiger partial charge >= 0.3 is 0 Å². The molecule has 1 aromatic heterocycles. The van der Waals surface area contributed by atoms with Crippen molar-refractivity contribution in [3.05, 3.63) is 64.7 Å². The number of benzene rings is 2.